The van der Waals surface area contributed by atoms with E-state index in [4.69, 9.17) is 4.42 Å². The summed E-state index contributed by atoms with van der Waals surface area (Å²) < 4.78 is 5.51. The summed E-state index contributed by atoms with van der Waals surface area (Å²) in [5.41, 5.74) is 1.97. The SMILES string of the molecule is CCCc1nc(-c2ccc(Sc3ccc(CCC(CO)(CO)NC(C)=O)cc3)cc2)co1. The maximum atomic E-state index is 11.4. The second-order valence-electron chi connectivity index (χ2n) is 7.92. The van der Waals surface area contributed by atoms with Crippen LogP contribution in [0.5, 0.6) is 0 Å². The lowest BCUT2D eigenvalue weighted by molar-refractivity contribution is -0.122. The van der Waals surface area contributed by atoms with Crippen molar-refractivity contribution in [3.63, 3.8) is 0 Å². The van der Waals surface area contributed by atoms with Gasteiger partial charge >= 0.3 is 0 Å². The van der Waals surface area contributed by atoms with Gasteiger partial charge in [0.2, 0.25) is 5.91 Å². The molecule has 0 radical (unpaired) electrons. The molecule has 0 aliphatic rings. The number of aliphatic hydroxyl groups excluding tert-OH is 2. The molecule has 0 atom stereocenters. The highest BCUT2D eigenvalue weighted by atomic mass is 32.2. The third kappa shape index (κ3) is 6.45. The first-order chi connectivity index (χ1) is 15.5. The molecule has 1 heterocycles. The van der Waals surface area contributed by atoms with Gasteiger partial charge in [-0.2, -0.15) is 0 Å². The van der Waals surface area contributed by atoms with Crippen molar-refractivity contribution < 1.29 is 19.4 Å². The lowest BCUT2D eigenvalue weighted by atomic mass is 9.92. The van der Waals surface area contributed by atoms with Crippen LogP contribution in [0.4, 0.5) is 0 Å². The van der Waals surface area contributed by atoms with Crippen molar-refractivity contribution in [2.45, 2.75) is 54.9 Å². The molecule has 2 aromatic carbocycles. The van der Waals surface area contributed by atoms with Crippen LogP contribution in [-0.2, 0) is 17.6 Å². The van der Waals surface area contributed by atoms with Gasteiger partial charge in [0.1, 0.15) is 12.0 Å². The van der Waals surface area contributed by atoms with Crippen molar-refractivity contribution in [1.29, 1.82) is 0 Å². The van der Waals surface area contributed by atoms with Crippen molar-refractivity contribution in [2.75, 3.05) is 13.2 Å². The molecule has 3 rings (SSSR count). The van der Waals surface area contributed by atoms with E-state index in [-0.39, 0.29) is 19.1 Å². The highest BCUT2D eigenvalue weighted by Crippen LogP contribution is 2.30. The highest BCUT2D eigenvalue weighted by Gasteiger charge is 2.29. The summed E-state index contributed by atoms with van der Waals surface area (Å²) in [4.78, 5) is 18.2. The lowest BCUT2D eigenvalue weighted by Gasteiger charge is -2.30. The third-order valence-electron chi connectivity index (χ3n) is 5.26. The number of aliphatic hydroxyl groups is 2. The van der Waals surface area contributed by atoms with Gasteiger partial charge in [0.25, 0.3) is 0 Å². The molecule has 32 heavy (non-hydrogen) atoms. The van der Waals surface area contributed by atoms with Crippen molar-refractivity contribution in [2.24, 2.45) is 0 Å². The fraction of sp³-hybridized carbons (Fsp3) is 0.360. The third-order valence-corrected chi connectivity index (χ3v) is 6.28. The molecule has 0 saturated carbocycles. The number of nitrogens with one attached hydrogen (secondary N) is 1. The molecule has 7 heteroatoms. The molecule has 3 aromatic rings. The van der Waals surface area contributed by atoms with Crippen LogP contribution in [0.1, 0.15) is 38.1 Å². The second kappa shape index (κ2) is 11.3. The minimum Gasteiger partial charge on any atom is -0.448 e. The predicted molar refractivity (Wildman–Crippen MR) is 126 cm³/mol. The largest absolute Gasteiger partial charge is 0.448 e. The number of hydrogen-bond acceptors (Lipinski definition) is 6. The normalized spacial score (nSPS) is 11.5. The van der Waals surface area contributed by atoms with Crippen LogP contribution in [0.25, 0.3) is 11.3 Å². The monoisotopic (exact) mass is 454 g/mol. The summed E-state index contributed by atoms with van der Waals surface area (Å²) in [6.45, 7) is 2.88. The summed E-state index contributed by atoms with van der Waals surface area (Å²) in [6.07, 6.45) is 4.65. The minimum absolute atomic E-state index is 0.268. The van der Waals surface area contributed by atoms with Crippen LogP contribution in [0.15, 0.2) is 69.0 Å². The minimum atomic E-state index is -0.998. The molecule has 0 aliphatic heterocycles. The first-order valence-electron chi connectivity index (χ1n) is 10.8. The van der Waals surface area contributed by atoms with Crippen molar-refractivity contribution in [3.05, 3.63) is 66.2 Å². The molecule has 170 valence electrons. The van der Waals surface area contributed by atoms with Gasteiger partial charge in [-0.3, -0.25) is 4.79 Å². The summed E-state index contributed by atoms with van der Waals surface area (Å²) in [6, 6.07) is 16.4. The quantitative estimate of drug-likeness (QED) is 0.401. The number of rotatable bonds is 11. The zero-order valence-corrected chi connectivity index (χ0v) is 19.3. The van der Waals surface area contributed by atoms with Crippen molar-refractivity contribution in [1.82, 2.24) is 10.3 Å². The van der Waals surface area contributed by atoms with Crippen molar-refractivity contribution >= 4 is 17.7 Å². The topological polar surface area (TPSA) is 95.6 Å². The maximum absolute atomic E-state index is 11.4. The molecule has 0 fully saturated rings. The summed E-state index contributed by atoms with van der Waals surface area (Å²) in [5.74, 6) is 0.504. The van der Waals surface area contributed by atoms with E-state index >= 15 is 0 Å². The number of amides is 1. The summed E-state index contributed by atoms with van der Waals surface area (Å²) >= 11 is 1.67. The molecular formula is C25H30N2O4S. The molecule has 0 saturated heterocycles. The van der Waals surface area contributed by atoms with Crippen molar-refractivity contribution in [3.8, 4) is 11.3 Å². The molecule has 0 spiro atoms. The number of benzene rings is 2. The van der Waals surface area contributed by atoms with E-state index in [2.05, 4.69) is 53.6 Å². The Morgan fingerprint density at radius 2 is 1.66 bits per heavy atom. The molecule has 3 N–H and O–H groups in total. The van der Waals surface area contributed by atoms with E-state index in [1.165, 1.54) is 6.92 Å². The number of hydrogen-bond donors (Lipinski definition) is 3. The highest BCUT2D eigenvalue weighted by molar-refractivity contribution is 7.99. The van der Waals surface area contributed by atoms with E-state index in [1.54, 1.807) is 18.0 Å². The van der Waals surface area contributed by atoms with E-state index < -0.39 is 5.54 Å². The van der Waals surface area contributed by atoms with Gasteiger partial charge in [0, 0.05) is 28.7 Å². The number of aryl methyl sites for hydroxylation is 2. The van der Waals surface area contributed by atoms with Crippen LogP contribution in [0, 0.1) is 0 Å². The van der Waals surface area contributed by atoms with Gasteiger partial charge < -0.3 is 19.9 Å². The smallest absolute Gasteiger partial charge is 0.217 e. The number of aromatic nitrogens is 1. The molecule has 0 unspecified atom stereocenters. The zero-order chi connectivity index (χ0) is 23.0. The van der Waals surface area contributed by atoms with E-state index in [0.29, 0.717) is 12.8 Å². The van der Waals surface area contributed by atoms with Crippen LogP contribution in [0.2, 0.25) is 0 Å². The number of oxazole rings is 1. The predicted octanol–water partition coefficient (Wildman–Crippen LogP) is 4.24. The molecule has 1 aromatic heterocycles. The number of nitrogens with zero attached hydrogens (tertiary/aromatic N) is 1. The molecule has 6 nitrogen and oxygen atoms in total. The lowest BCUT2D eigenvalue weighted by Crippen LogP contribution is -2.53. The first-order valence-corrected chi connectivity index (χ1v) is 11.6. The Morgan fingerprint density at radius 3 is 2.22 bits per heavy atom. The van der Waals surface area contributed by atoms with Crippen LogP contribution >= 0.6 is 11.8 Å². The first kappa shape index (κ1) is 24.0. The number of carbonyl (C=O) groups excluding carboxylic acids is 1. The van der Waals surface area contributed by atoms with Crippen LogP contribution < -0.4 is 5.32 Å². The van der Waals surface area contributed by atoms with Gasteiger partial charge in [-0.25, -0.2) is 4.98 Å². The Morgan fingerprint density at radius 1 is 1.03 bits per heavy atom. The molecule has 1 amide bonds. The van der Waals surface area contributed by atoms with Gasteiger partial charge in [-0.15, -0.1) is 0 Å². The van der Waals surface area contributed by atoms with Gasteiger partial charge in [0.05, 0.1) is 18.8 Å². The Bertz CT molecular complexity index is 996. The second-order valence-corrected chi connectivity index (χ2v) is 9.07. The summed E-state index contributed by atoms with van der Waals surface area (Å²) in [5, 5.41) is 22.0. The molecule has 0 aliphatic carbocycles. The van der Waals surface area contributed by atoms with Gasteiger partial charge in [-0.05, 0) is 49.1 Å². The average Bonchev–Trinajstić information content (AvgIpc) is 3.27. The molecular weight excluding hydrogens is 424 g/mol. The summed E-state index contributed by atoms with van der Waals surface area (Å²) in [7, 11) is 0. The maximum Gasteiger partial charge on any atom is 0.217 e. The fourth-order valence-electron chi connectivity index (χ4n) is 3.43. The standard InChI is InChI=1S/C25H30N2O4S/c1-3-4-24-26-23(15-31-24)20-7-11-22(12-8-20)32-21-9-5-19(6-10-21)13-14-25(16-28,17-29)27-18(2)30/h5-12,15,28-29H,3-4,13-14,16-17H2,1-2H3,(H,27,30). The number of carbonyl (C=O) groups is 1. The van der Waals surface area contributed by atoms with E-state index in [0.717, 1.165) is 45.3 Å². The Labute approximate surface area is 193 Å². The average molecular weight is 455 g/mol. The van der Waals surface area contributed by atoms with Crippen LogP contribution in [-0.4, -0.2) is 39.9 Å². The Balaban J connectivity index is 1.58. The van der Waals surface area contributed by atoms with Gasteiger partial charge in [0.15, 0.2) is 5.89 Å². The van der Waals surface area contributed by atoms with E-state index in [1.807, 2.05) is 12.1 Å². The van der Waals surface area contributed by atoms with E-state index in [9.17, 15) is 15.0 Å². The Hall–Kier alpha value is -2.61. The Kier molecular flexibility index (Phi) is 8.50. The molecule has 0 bridgehead atoms. The van der Waals surface area contributed by atoms with Gasteiger partial charge in [-0.1, -0.05) is 43.0 Å². The fourth-order valence-corrected chi connectivity index (χ4v) is 4.25. The van der Waals surface area contributed by atoms with Crippen LogP contribution in [0.3, 0.4) is 0 Å². The zero-order valence-electron chi connectivity index (χ0n) is 18.5.